The Morgan fingerprint density at radius 1 is 1.09 bits per heavy atom. The molecule has 3 rings (SSSR count). The van der Waals surface area contributed by atoms with Crippen LogP contribution in [0.15, 0.2) is 36.4 Å². The molecule has 0 spiro atoms. The van der Waals surface area contributed by atoms with Crippen LogP contribution in [0.25, 0.3) is 10.8 Å². The number of likely N-dealkylation sites (tertiary alicyclic amines) is 1. The lowest BCUT2D eigenvalue weighted by molar-refractivity contribution is 0.195. The number of methoxy groups -OCH3 is 1. The van der Waals surface area contributed by atoms with Gasteiger partial charge in [0.1, 0.15) is 5.75 Å². The quantitative estimate of drug-likeness (QED) is 0.933. The van der Waals surface area contributed by atoms with Crippen LogP contribution in [0.1, 0.15) is 18.4 Å². The van der Waals surface area contributed by atoms with Crippen molar-refractivity contribution < 1.29 is 4.74 Å². The number of hydrogen-bond acceptors (Lipinski definition) is 3. The maximum absolute atomic E-state index is 5.48. The van der Waals surface area contributed by atoms with Gasteiger partial charge in [0.25, 0.3) is 0 Å². The highest BCUT2D eigenvalue weighted by molar-refractivity contribution is 5.91. The molecule has 1 saturated heterocycles. The van der Waals surface area contributed by atoms with Gasteiger partial charge in [-0.2, -0.15) is 0 Å². The van der Waals surface area contributed by atoms with Gasteiger partial charge in [-0.3, -0.25) is 4.90 Å². The summed E-state index contributed by atoms with van der Waals surface area (Å²) in [6.45, 7) is 3.37. The number of nitrogens with one attached hydrogen (secondary N) is 1. The fourth-order valence-electron chi connectivity index (χ4n) is 3.27. The Kier molecular flexibility index (Phi) is 6.07. The molecule has 1 aliphatic rings. The number of halogens is 1. The Labute approximate surface area is 139 Å². The van der Waals surface area contributed by atoms with Gasteiger partial charge in [-0.25, -0.2) is 0 Å². The number of benzene rings is 2. The van der Waals surface area contributed by atoms with Gasteiger partial charge < -0.3 is 10.1 Å². The third kappa shape index (κ3) is 3.54. The molecule has 3 nitrogen and oxygen atoms in total. The van der Waals surface area contributed by atoms with Gasteiger partial charge in [0.2, 0.25) is 0 Å². The number of fused-ring (bicyclic) bond motifs is 1. The van der Waals surface area contributed by atoms with Crippen LogP contribution in [0.5, 0.6) is 5.75 Å². The number of hydrogen-bond donors (Lipinski definition) is 1. The summed E-state index contributed by atoms with van der Waals surface area (Å²) in [7, 11) is 3.81. The van der Waals surface area contributed by atoms with Gasteiger partial charge in [-0.1, -0.05) is 30.3 Å². The van der Waals surface area contributed by atoms with Crippen LogP contribution < -0.4 is 10.1 Å². The van der Waals surface area contributed by atoms with Crippen molar-refractivity contribution in [3.63, 3.8) is 0 Å². The van der Waals surface area contributed by atoms with Crippen molar-refractivity contribution in [3.8, 4) is 5.75 Å². The molecule has 0 radical (unpaired) electrons. The molecule has 1 heterocycles. The average Bonchev–Trinajstić information content (AvgIpc) is 2.56. The molecular formula is C18H25ClN2O. The largest absolute Gasteiger partial charge is 0.496 e. The standard InChI is InChI=1S/C18H24N2O.ClH/c1-19-15-9-11-20(12-10-15)13-14-7-8-18(21-2)17-6-4-3-5-16(14)17;/h3-8,15,19H,9-13H2,1-2H3;1H. The zero-order valence-electron chi connectivity index (χ0n) is 13.3. The minimum atomic E-state index is 0. The monoisotopic (exact) mass is 320 g/mol. The average molecular weight is 321 g/mol. The Hall–Kier alpha value is -1.29. The molecule has 120 valence electrons. The summed E-state index contributed by atoms with van der Waals surface area (Å²) < 4.78 is 5.48. The van der Waals surface area contributed by atoms with Crippen LogP contribution in [-0.2, 0) is 6.54 Å². The zero-order valence-corrected chi connectivity index (χ0v) is 14.2. The van der Waals surface area contributed by atoms with E-state index in [-0.39, 0.29) is 12.4 Å². The maximum Gasteiger partial charge on any atom is 0.126 e. The summed E-state index contributed by atoms with van der Waals surface area (Å²) in [6, 6.07) is 13.5. The summed E-state index contributed by atoms with van der Waals surface area (Å²) in [5, 5.41) is 5.91. The molecule has 1 fully saturated rings. The number of piperidine rings is 1. The first-order valence-corrected chi connectivity index (χ1v) is 7.76. The van der Waals surface area contributed by atoms with Crippen LogP contribution in [0, 0.1) is 0 Å². The molecule has 4 heteroatoms. The first kappa shape index (κ1) is 17.1. The lowest BCUT2D eigenvalue weighted by Gasteiger charge is -2.32. The number of nitrogens with zero attached hydrogens (tertiary/aromatic N) is 1. The SMILES string of the molecule is CNC1CCN(Cc2ccc(OC)c3ccccc23)CC1.Cl. The fraction of sp³-hybridized carbons (Fsp3) is 0.444. The number of rotatable bonds is 4. The smallest absolute Gasteiger partial charge is 0.126 e. The molecule has 0 aliphatic carbocycles. The maximum atomic E-state index is 5.48. The van der Waals surface area contributed by atoms with Crippen molar-refractivity contribution in [2.45, 2.75) is 25.4 Å². The molecule has 1 aliphatic heterocycles. The molecule has 0 atom stereocenters. The molecular weight excluding hydrogens is 296 g/mol. The normalized spacial score (nSPS) is 16.5. The summed E-state index contributed by atoms with van der Waals surface area (Å²) in [5.41, 5.74) is 1.40. The van der Waals surface area contributed by atoms with E-state index < -0.39 is 0 Å². The second-order valence-electron chi connectivity index (χ2n) is 5.81. The summed E-state index contributed by atoms with van der Waals surface area (Å²) in [5.74, 6) is 0.961. The van der Waals surface area contributed by atoms with Crippen molar-refractivity contribution in [3.05, 3.63) is 42.0 Å². The van der Waals surface area contributed by atoms with Gasteiger partial charge >= 0.3 is 0 Å². The second-order valence-corrected chi connectivity index (χ2v) is 5.81. The Bertz CT molecular complexity index is 609. The zero-order chi connectivity index (χ0) is 14.7. The molecule has 22 heavy (non-hydrogen) atoms. The van der Waals surface area contributed by atoms with Gasteiger partial charge in [0, 0.05) is 18.0 Å². The molecule has 2 aromatic carbocycles. The van der Waals surface area contributed by atoms with E-state index >= 15 is 0 Å². The molecule has 0 amide bonds. The highest BCUT2D eigenvalue weighted by atomic mass is 35.5. The van der Waals surface area contributed by atoms with Crippen LogP contribution in [0.2, 0.25) is 0 Å². The lowest BCUT2D eigenvalue weighted by atomic mass is 10.0. The van der Waals surface area contributed by atoms with Crippen LogP contribution >= 0.6 is 12.4 Å². The van der Waals surface area contributed by atoms with Crippen molar-refractivity contribution in [1.82, 2.24) is 10.2 Å². The molecule has 1 N–H and O–H groups in total. The second kappa shape index (κ2) is 7.82. The minimum Gasteiger partial charge on any atom is -0.496 e. The minimum absolute atomic E-state index is 0. The highest BCUT2D eigenvalue weighted by Gasteiger charge is 2.18. The summed E-state index contributed by atoms with van der Waals surface area (Å²) >= 11 is 0. The topological polar surface area (TPSA) is 24.5 Å². The van der Waals surface area contributed by atoms with Crippen molar-refractivity contribution in [2.24, 2.45) is 0 Å². The van der Waals surface area contributed by atoms with E-state index in [0.29, 0.717) is 6.04 Å². The van der Waals surface area contributed by atoms with Gasteiger partial charge in [0.15, 0.2) is 0 Å². The van der Waals surface area contributed by atoms with E-state index in [0.717, 1.165) is 12.3 Å². The van der Waals surface area contributed by atoms with Crippen LogP contribution in [0.4, 0.5) is 0 Å². The van der Waals surface area contributed by atoms with E-state index in [4.69, 9.17) is 4.74 Å². The first-order valence-electron chi connectivity index (χ1n) is 7.76. The number of ether oxygens (including phenoxy) is 1. The predicted octanol–water partition coefficient (Wildman–Crippen LogP) is 3.45. The lowest BCUT2D eigenvalue weighted by Crippen LogP contribution is -2.40. The van der Waals surface area contributed by atoms with E-state index in [2.05, 4.69) is 53.7 Å². The molecule has 0 unspecified atom stereocenters. The van der Waals surface area contributed by atoms with Gasteiger partial charge in [-0.05, 0) is 50.0 Å². The Morgan fingerprint density at radius 2 is 1.77 bits per heavy atom. The predicted molar refractivity (Wildman–Crippen MR) is 95.1 cm³/mol. The Balaban J connectivity index is 0.00000176. The molecule has 0 aromatic heterocycles. The third-order valence-electron chi connectivity index (χ3n) is 4.58. The first-order chi connectivity index (χ1) is 10.3. The molecule has 0 bridgehead atoms. The van der Waals surface area contributed by atoms with Crippen molar-refractivity contribution in [2.75, 3.05) is 27.2 Å². The van der Waals surface area contributed by atoms with Crippen LogP contribution in [0.3, 0.4) is 0 Å². The van der Waals surface area contributed by atoms with E-state index in [1.54, 1.807) is 7.11 Å². The summed E-state index contributed by atoms with van der Waals surface area (Å²) in [6.07, 6.45) is 2.48. The van der Waals surface area contributed by atoms with Gasteiger partial charge in [-0.15, -0.1) is 12.4 Å². The highest BCUT2D eigenvalue weighted by Crippen LogP contribution is 2.29. The third-order valence-corrected chi connectivity index (χ3v) is 4.58. The van der Waals surface area contributed by atoms with Crippen molar-refractivity contribution in [1.29, 1.82) is 0 Å². The van der Waals surface area contributed by atoms with Gasteiger partial charge in [0.05, 0.1) is 7.11 Å². The summed E-state index contributed by atoms with van der Waals surface area (Å²) in [4.78, 5) is 2.56. The van der Waals surface area contributed by atoms with Crippen molar-refractivity contribution >= 4 is 23.2 Å². The molecule has 2 aromatic rings. The fourth-order valence-corrected chi connectivity index (χ4v) is 3.27. The van der Waals surface area contributed by atoms with E-state index in [9.17, 15) is 0 Å². The molecule has 0 saturated carbocycles. The Morgan fingerprint density at radius 3 is 2.41 bits per heavy atom. The van der Waals surface area contributed by atoms with E-state index in [1.165, 1.54) is 42.3 Å². The van der Waals surface area contributed by atoms with E-state index in [1.807, 2.05) is 0 Å². The van der Waals surface area contributed by atoms with Crippen LogP contribution in [-0.4, -0.2) is 38.2 Å².